The lowest BCUT2D eigenvalue weighted by Gasteiger charge is -2.46. The van der Waals surface area contributed by atoms with Crippen LogP contribution >= 0.6 is 0 Å². The van der Waals surface area contributed by atoms with Gasteiger partial charge in [-0.15, -0.1) is 0 Å². The maximum absolute atomic E-state index is 13.5. The van der Waals surface area contributed by atoms with E-state index in [1.807, 2.05) is 18.2 Å². The number of fused-ring (bicyclic) bond motifs is 5. The van der Waals surface area contributed by atoms with Crippen LogP contribution in [0.25, 0.3) is 0 Å². The van der Waals surface area contributed by atoms with E-state index < -0.39 is 6.04 Å². The molecule has 322 valence electrons. The summed E-state index contributed by atoms with van der Waals surface area (Å²) in [4.78, 5) is 35.6. The van der Waals surface area contributed by atoms with Gasteiger partial charge in [-0.05, 0) is 109 Å². The van der Waals surface area contributed by atoms with Gasteiger partial charge in [0.15, 0.2) is 0 Å². The van der Waals surface area contributed by atoms with Crippen LogP contribution in [-0.2, 0) is 22.5 Å². The highest BCUT2D eigenvalue weighted by Crippen LogP contribution is 2.50. The average molecular weight is 836 g/mol. The molecule has 7 aliphatic rings. The van der Waals surface area contributed by atoms with Crippen molar-refractivity contribution in [3.8, 4) is 17.2 Å². The zero-order valence-electron chi connectivity index (χ0n) is 35.7. The zero-order chi connectivity index (χ0) is 42.1. The summed E-state index contributed by atoms with van der Waals surface area (Å²) in [5.74, 6) is 2.71. The maximum atomic E-state index is 13.5. The first-order valence-corrected chi connectivity index (χ1v) is 22.7. The van der Waals surface area contributed by atoms with Crippen molar-refractivity contribution in [1.82, 2.24) is 15.1 Å². The number of anilines is 2. The van der Waals surface area contributed by atoms with Crippen molar-refractivity contribution < 1.29 is 28.9 Å². The molecular weight excluding hydrogens is 779 g/mol. The number of aryl methyl sites for hydroxylation is 1. The smallest absolute Gasteiger partial charge is 0.255 e. The Morgan fingerprint density at radius 1 is 0.887 bits per heavy atom. The number of carbonyl (C=O) groups is 2. The number of hydrogen-bond acceptors (Lipinski definition) is 9. The number of ether oxygens (including phenoxy) is 3. The molecule has 4 saturated heterocycles. The van der Waals surface area contributed by atoms with E-state index in [2.05, 4.69) is 87.3 Å². The van der Waals surface area contributed by atoms with Crippen LogP contribution in [0, 0.1) is 5.92 Å². The molecule has 0 bridgehead atoms. The molecule has 2 N–H and O–H groups in total. The van der Waals surface area contributed by atoms with Crippen LogP contribution in [0.15, 0.2) is 91.1 Å². The molecule has 1 aliphatic carbocycles. The second-order valence-electron chi connectivity index (χ2n) is 18.9. The molecule has 2 amide bonds. The van der Waals surface area contributed by atoms with Gasteiger partial charge in [0.1, 0.15) is 29.9 Å². The summed E-state index contributed by atoms with van der Waals surface area (Å²) in [7, 11) is 1.79. The van der Waals surface area contributed by atoms with Gasteiger partial charge in [-0.25, -0.2) is 0 Å². The minimum Gasteiger partial charge on any atom is -0.508 e. The van der Waals surface area contributed by atoms with Gasteiger partial charge >= 0.3 is 0 Å². The van der Waals surface area contributed by atoms with Gasteiger partial charge in [0.05, 0.1) is 31.0 Å². The molecule has 1 unspecified atom stereocenters. The fourth-order valence-corrected chi connectivity index (χ4v) is 12.1. The Bertz CT molecular complexity index is 2410. The fourth-order valence-electron chi connectivity index (χ4n) is 12.1. The van der Waals surface area contributed by atoms with Gasteiger partial charge in [-0.1, -0.05) is 49.0 Å². The molecule has 4 aromatic rings. The number of piperidine rings is 2. The van der Waals surface area contributed by atoms with E-state index in [9.17, 15) is 14.7 Å². The summed E-state index contributed by atoms with van der Waals surface area (Å²) < 4.78 is 19.3. The maximum Gasteiger partial charge on any atom is 0.255 e. The molecule has 11 rings (SSSR count). The lowest BCUT2D eigenvalue weighted by Crippen LogP contribution is -2.58. The van der Waals surface area contributed by atoms with E-state index in [1.54, 1.807) is 12.0 Å². The number of allylic oxidation sites excluding steroid dienone is 1. The van der Waals surface area contributed by atoms with Crippen molar-refractivity contribution >= 4 is 23.2 Å². The van der Waals surface area contributed by atoms with Crippen molar-refractivity contribution in [3.63, 3.8) is 0 Å². The van der Waals surface area contributed by atoms with Crippen LogP contribution in [0.4, 0.5) is 11.4 Å². The fraction of sp³-hybridized carbons (Fsp3) is 0.451. The van der Waals surface area contributed by atoms with E-state index >= 15 is 0 Å². The normalized spacial score (nSPS) is 26.7. The van der Waals surface area contributed by atoms with Crippen molar-refractivity contribution in [3.05, 3.63) is 125 Å². The molecule has 6 aliphatic heterocycles. The van der Waals surface area contributed by atoms with Crippen molar-refractivity contribution in [2.24, 2.45) is 5.92 Å². The minimum absolute atomic E-state index is 0.0713. The van der Waals surface area contributed by atoms with Crippen LogP contribution < -0.4 is 24.6 Å². The van der Waals surface area contributed by atoms with Crippen LogP contribution in [0.1, 0.15) is 88.5 Å². The highest BCUT2D eigenvalue weighted by molar-refractivity contribution is 6.02. The Hall–Kier alpha value is -5.52. The lowest BCUT2D eigenvalue weighted by atomic mass is 9.69. The number of carbonyl (C=O) groups excluding carboxylic acids is 2. The minimum atomic E-state index is -0.472. The van der Waals surface area contributed by atoms with E-state index in [4.69, 9.17) is 14.2 Å². The molecular formula is C51H57N5O6. The second kappa shape index (κ2) is 15.7. The zero-order valence-corrected chi connectivity index (χ0v) is 35.7. The lowest BCUT2D eigenvalue weighted by molar-refractivity contribution is -0.126. The molecule has 11 nitrogen and oxygen atoms in total. The van der Waals surface area contributed by atoms with Gasteiger partial charge in [0, 0.05) is 80.3 Å². The number of phenolic OH excluding ortho intramolecular Hbond substituents is 1. The molecule has 0 aromatic heterocycles. The summed E-state index contributed by atoms with van der Waals surface area (Å²) in [6.07, 6.45) is 6.34. The molecule has 5 atom stereocenters. The third-order valence-corrected chi connectivity index (χ3v) is 15.2. The monoisotopic (exact) mass is 835 g/mol. The van der Waals surface area contributed by atoms with E-state index in [1.165, 1.54) is 27.9 Å². The SMILES string of the molecule is C=C1CC[C@H](N2Cc3cc4c(cc3C2=O)OC[C@@H]2CN(CC3COC5(CCN(c6ccc([C@H]7c8ccc(O)cc8CC[C@H]7c7ccccc7)c(OC)c6)CC5)C3)CCN42)C(=O)N1. The summed E-state index contributed by atoms with van der Waals surface area (Å²) in [5.41, 5.74) is 9.55. The first-order chi connectivity index (χ1) is 30.2. The molecule has 6 heterocycles. The van der Waals surface area contributed by atoms with Crippen LogP contribution in [0.5, 0.6) is 17.2 Å². The van der Waals surface area contributed by atoms with E-state index in [-0.39, 0.29) is 29.4 Å². The number of amides is 2. The molecule has 0 saturated carbocycles. The Kier molecular flexibility index (Phi) is 9.95. The topological polar surface area (TPSA) is 107 Å². The summed E-state index contributed by atoms with van der Waals surface area (Å²) in [6.45, 7) is 11.5. The number of hydrogen-bond donors (Lipinski definition) is 2. The van der Waals surface area contributed by atoms with Crippen LogP contribution in [-0.4, -0.2) is 104 Å². The average Bonchev–Trinajstić information content (AvgIpc) is 3.83. The molecule has 62 heavy (non-hydrogen) atoms. The van der Waals surface area contributed by atoms with Gasteiger partial charge in [-0.3, -0.25) is 14.5 Å². The number of aromatic hydroxyl groups is 1. The number of piperazine rings is 1. The van der Waals surface area contributed by atoms with Gasteiger partial charge < -0.3 is 39.3 Å². The Labute approximate surface area is 364 Å². The number of methoxy groups -OCH3 is 1. The highest BCUT2D eigenvalue weighted by atomic mass is 16.5. The molecule has 0 radical (unpaired) electrons. The molecule has 4 aromatic carbocycles. The highest BCUT2D eigenvalue weighted by Gasteiger charge is 2.45. The van der Waals surface area contributed by atoms with Gasteiger partial charge in [0.25, 0.3) is 5.91 Å². The number of nitrogens with one attached hydrogen (secondary N) is 1. The van der Waals surface area contributed by atoms with Crippen molar-refractivity contribution in [2.75, 3.05) is 69.4 Å². The molecule has 11 heteroatoms. The van der Waals surface area contributed by atoms with Crippen molar-refractivity contribution in [2.45, 2.75) is 81.0 Å². The Morgan fingerprint density at radius 2 is 1.73 bits per heavy atom. The van der Waals surface area contributed by atoms with Crippen LogP contribution in [0.2, 0.25) is 0 Å². The van der Waals surface area contributed by atoms with Gasteiger partial charge in [-0.2, -0.15) is 0 Å². The number of benzene rings is 4. The van der Waals surface area contributed by atoms with Gasteiger partial charge in [0.2, 0.25) is 5.91 Å². The third-order valence-electron chi connectivity index (χ3n) is 15.2. The third kappa shape index (κ3) is 6.97. The summed E-state index contributed by atoms with van der Waals surface area (Å²) in [5, 5.41) is 13.2. The standard InChI is InChI=1S/C51H57N5O6/c1-32-8-15-44(49(58)52-32)56-28-36-23-45-47(25-43(36)50(56)59)61-31-38-29-53(20-21-55(38)45)27-33-26-51(62-30-33)16-18-54(19-17-51)37-10-13-42(46(24-37)60-2)48-40(34-6-4-3-5-7-34)12-9-35-22-39(57)11-14-41(35)48/h3-7,10-11,13-14,22-25,33,38,40,44,48,57H,1,8-9,12,15-21,26-31H2,2H3,(H,52,58)/t33?,38-,40-,44-,48+/m0/s1. The predicted octanol–water partition coefficient (Wildman–Crippen LogP) is 6.97. The molecule has 1 spiro atoms. The predicted molar refractivity (Wildman–Crippen MR) is 238 cm³/mol. The largest absolute Gasteiger partial charge is 0.508 e. The quantitative estimate of drug-likeness (QED) is 0.204. The summed E-state index contributed by atoms with van der Waals surface area (Å²) in [6, 6.07) is 27.4. The van der Waals surface area contributed by atoms with E-state index in [0.717, 1.165) is 101 Å². The first kappa shape index (κ1) is 39.3. The number of nitrogens with zero attached hydrogens (tertiary/aromatic N) is 4. The second-order valence-corrected chi connectivity index (χ2v) is 18.9. The summed E-state index contributed by atoms with van der Waals surface area (Å²) >= 11 is 0. The first-order valence-electron chi connectivity index (χ1n) is 22.7. The Balaban J connectivity index is 0.716. The van der Waals surface area contributed by atoms with Crippen molar-refractivity contribution in [1.29, 1.82) is 0 Å². The Morgan fingerprint density at radius 3 is 2.55 bits per heavy atom. The van der Waals surface area contributed by atoms with E-state index in [0.29, 0.717) is 54.8 Å². The molecule has 4 fully saturated rings. The van der Waals surface area contributed by atoms with Crippen LogP contribution in [0.3, 0.4) is 0 Å². The number of phenols is 1. The number of rotatable bonds is 7.